The SMILES string of the molecule is O=C(Cc1ccc(-n2cnnc2)cc1)C1CCc2c(c(-c3ccc(O)cc3)nc3ccc4[nH]ncc4c23)C1. The molecule has 0 bridgehead atoms. The van der Waals surface area contributed by atoms with Crippen molar-refractivity contribution in [1.82, 2.24) is 29.9 Å². The predicted octanol–water partition coefficient (Wildman–Crippen LogP) is 4.98. The number of nitrogens with zero attached hydrogens (tertiary/aromatic N) is 5. The van der Waals surface area contributed by atoms with Crippen molar-refractivity contribution in [2.45, 2.75) is 25.7 Å². The van der Waals surface area contributed by atoms with Gasteiger partial charge in [-0.25, -0.2) is 4.98 Å². The summed E-state index contributed by atoms with van der Waals surface area (Å²) in [4.78, 5) is 18.6. The van der Waals surface area contributed by atoms with Gasteiger partial charge in [-0.2, -0.15) is 5.10 Å². The van der Waals surface area contributed by atoms with Crippen LogP contribution in [0.2, 0.25) is 0 Å². The second-order valence-corrected chi connectivity index (χ2v) is 9.87. The molecule has 0 amide bonds. The maximum Gasteiger partial charge on any atom is 0.140 e. The van der Waals surface area contributed by atoms with Crippen LogP contribution in [0.15, 0.2) is 79.5 Å². The number of hydrogen-bond acceptors (Lipinski definition) is 6. The molecule has 186 valence electrons. The van der Waals surface area contributed by atoms with E-state index < -0.39 is 0 Å². The first-order valence-electron chi connectivity index (χ1n) is 12.7. The summed E-state index contributed by atoms with van der Waals surface area (Å²) in [6, 6.07) is 19.1. The van der Waals surface area contributed by atoms with Gasteiger partial charge in [-0.1, -0.05) is 12.1 Å². The molecule has 8 nitrogen and oxygen atoms in total. The van der Waals surface area contributed by atoms with Gasteiger partial charge in [-0.3, -0.25) is 14.5 Å². The van der Waals surface area contributed by atoms with E-state index in [1.807, 2.05) is 59.3 Å². The fraction of sp³-hybridized carbons (Fsp3) is 0.167. The molecule has 2 N–H and O–H groups in total. The van der Waals surface area contributed by atoms with Crippen LogP contribution in [0.25, 0.3) is 38.8 Å². The Kier molecular flexibility index (Phi) is 5.25. The summed E-state index contributed by atoms with van der Waals surface area (Å²) in [5.41, 5.74) is 8.02. The van der Waals surface area contributed by atoms with Crippen LogP contribution in [0, 0.1) is 5.92 Å². The lowest BCUT2D eigenvalue weighted by molar-refractivity contribution is -0.122. The number of hydrogen-bond donors (Lipinski definition) is 2. The first-order valence-corrected chi connectivity index (χ1v) is 12.7. The third-order valence-electron chi connectivity index (χ3n) is 7.61. The Bertz CT molecular complexity index is 1790. The lowest BCUT2D eigenvalue weighted by atomic mass is 9.77. The number of carbonyl (C=O) groups is 1. The van der Waals surface area contributed by atoms with Crippen LogP contribution in [0.1, 0.15) is 23.1 Å². The molecule has 3 aromatic carbocycles. The minimum absolute atomic E-state index is 0.0845. The van der Waals surface area contributed by atoms with E-state index in [1.165, 1.54) is 5.56 Å². The molecule has 0 radical (unpaired) electrons. The molecule has 6 aromatic rings. The van der Waals surface area contributed by atoms with Crippen LogP contribution in [0.3, 0.4) is 0 Å². The summed E-state index contributed by atoms with van der Waals surface area (Å²) in [7, 11) is 0. The highest BCUT2D eigenvalue weighted by atomic mass is 16.3. The van der Waals surface area contributed by atoms with Crippen LogP contribution in [0.5, 0.6) is 5.75 Å². The van der Waals surface area contributed by atoms with Crippen molar-refractivity contribution >= 4 is 27.6 Å². The number of benzene rings is 3. The number of aromatic nitrogens is 6. The fourth-order valence-corrected chi connectivity index (χ4v) is 5.66. The van der Waals surface area contributed by atoms with Crippen molar-refractivity contribution in [3.8, 4) is 22.7 Å². The summed E-state index contributed by atoms with van der Waals surface area (Å²) >= 11 is 0. The monoisotopic (exact) mass is 500 g/mol. The Balaban J connectivity index is 1.25. The van der Waals surface area contributed by atoms with E-state index in [4.69, 9.17) is 4.98 Å². The molecular formula is C30H24N6O2. The van der Waals surface area contributed by atoms with Gasteiger partial charge in [0.15, 0.2) is 0 Å². The Morgan fingerprint density at radius 3 is 2.55 bits per heavy atom. The Hall–Kier alpha value is -4.85. The zero-order valence-electron chi connectivity index (χ0n) is 20.5. The van der Waals surface area contributed by atoms with Gasteiger partial charge in [0.05, 0.1) is 22.9 Å². The number of Topliss-reactive ketones (excluding diaryl/α,β-unsaturated/α-hetero) is 1. The maximum atomic E-state index is 13.5. The van der Waals surface area contributed by atoms with E-state index in [0.29, 0.717) is 12.8 Å². The second-order valence-electron chi connectivity index (χ2n) is 9.87. The van der Waals surface area contributed by atoms with Gasteiger partial charge in [0.25, 0.3) is 0 Å². The lowest BCUT2D eigenvalue weighted by Crippen LogP contribution is -2.25. The van der Waals surface area contributed by atoms with E-state index in [2.05, 4.69) is 20.4 Å². The van der Waals surface area contributed by atoms with Gasteiger partial charge in [0.2, 0.25) is 0 Å². The summed E-state index contributed by atoms with van der Waals surface area (Å²) in [6.45, 7) is 0. The van der Waals surface area contributed by atoms with E-state index in [9.17, 15) is 9.90 Å². The molecule has 1 unspecified atom stereocenters. The minimum atomic E-state index is -0.0845. The largest absolute Gasteiger partial charge is 0.508 e. The molecule has 8 heteroatoms. The third-order valence-corrected chi connectivity index (χ3v) is 7.61. The van der Waals surface area contributed by atoms with E-state index in [-0.39, 0.29) is 17.5 Å². The molecule has 1 atom stereocenters. The molecule has 0 saturated carbocycles. The average Bonchev–Trinajstić information content (AvgIpc) is 3.66. The van der Waals surface area contributed by atoms with Crippen LogP contribution >= 0.6 is 0 Å². The number of phenols is 1. The summed E-state index contributed by atoms with van der Waals surface area (Å²) in [5, 5.41) is 27.1. The number of aromatic hydroxyl groups is 1. The highest BCUT2D eigenvalue weighted by Crippen LogP contribution is 2.40. The maximum absolute atomic E-state index is 13.5. The van der Waals surface area contributed by atoms with E-state index >= 15 is 0 Å². The minimum Gasteiger partial charge on any atom is -0.508 e. The van der Waals surface area contributed by atoms with Crippen LogP contribution in [-0.4, -0.2) is 40.8 Å². The highest BCUT2D eigenvalue weighted by Gasteiger charge is 2.29. The number of carbonyl (C=O) groups excluding carboxylic acids is 1. The van der Waals surface area contributed by atoms with Crippen molar-refractivity contribution in [2.75, 3.05) is 0 Å². The van der Waals surface area contributed by atoms with Crippen LogP contribution in [-0.2, 0) is 24.1 Å². The number of aromatic amines is 1. The van der Waals surface area contributed by atoms with Crippen LogP contribution < -0.4 is 0 Å². The summed E-state index contributed by atoms with van der Waals surface area (Å²) in [6.07, 6.45) is 7.80. The molecule has 0 fully saturated rings. The highest BCUT2D eigenvalue weighted by molar-refractivity contribution is 6.08. The third kappa shape index (κ3) is 3.82. The van der Waals surface area contributed by atoms with Gasteiger partial charge >= 0.3 is 0 Å². The van der Waals surface area contributed by atoms with Crippen molar-refractivity contribution < 1.29 is 9.90 Å². The van der Waals surface area contributed by atoms with Crippen molar-refractivity contribution in [2.24, 2.45) is 5.92 Å². The number of nitrogens with one attached hydrogen (secondary N) is 1. The van der Waals surface area contributed by atoms with Gasteiger partial charge in [-0.15, -0.1) is 10.2 Å². The molecule has 0 spiro atoms. The number of ketones is 1. The Labute approximate surface area is 218 Å². The predicted molar refractivity (Wildman–Crippen MR) is 144 cm³/mol. The zero-order chi connectivity index (χ0) is 25.6. The van der Waals surface area contributed by atoms with Crippen molar-refractivity contribution in [3.05, 3.63) is 96.2 Å². The Morgan fingerprint density at radius 1 is 0.974 bits per heavy atom. The van der Waals surface area contributed by atoms with Gasteiger partial charge in [0.1, 0.15) is 24.2 Å². The fourth-order valence-electron chi connectivity index (χ4n) is 5.66. The number of pyridine rings is 1. The Morgan fingerprint density at radius 2 is 1.76 bits per heavy atom. The quantitative estimate of drug-likeness (QED) is 0.345. The first kappa shape index (κ1) is 22.4. The molecular weight excluding hydrogens is 476 g/mol. The molecule has 7 rings (SSSR count). The molecule has 0 saturated heterocycles. The van der Waals surface area contributed by atoms with Gasteiger partial charge in [0, 0.05) is 34.4 Å². The van der Waals surface area contributed by atoms with Crippen molar-refractivity contribution in [1.29, 1.82) is 0 Å². The van der Waals surface area contributed by atoms with E-state index in [0.717, 1.165) is 62.7 Å². The van der Waals surface area contributed by atoms with Gasteiger partial charge < -0.3 is 5.11 Å². The smallest absolute Gasteiger partial charge is 0.140 e. The van der Waals surface area contributed by atoms with E-state index in [1.54, 1.807) is 24.8 Å². The molecule has 38 heavy (non-hydrogen) atoms. The molecule has 3 aromatic heterocycles. The number of rotatable bonds is 5. The normalized spacial score (nSPS) is 15.1. The second kappa shape index (κ2) is 8.92. The molecule has 1 aliphatic rings. The number of aryl methyl sites for hydroxylation is 1. The lowest BCUT2D eigenvalue weighted by Gasteiger charge is -2.27. The number of fused-ring (bicyclic) bond motifs is 5. The molecule has 3 heterocycles. The zero-order valence-corrected chi connectivity index (χ0v) is 20.5. The van der Waals surface area contributed by atoms with Crippen LogP contribution in [0.4, 0.5) is 0 Å². The van der Waals surface area contributed by atoms with Gasteiger partial charge in [-0.05, 0) is 84.5 Å². The van der Waals surface area contributed by atoms with Crippen molar-refractivity contribution in [3.63, 3.8) is 0 Å². The summed E-state index contributed by atoms with van der Waals surface area (Å²) in [5.74, 6) is 0.372. The molecule has 0 aliphatic heterocycles. The number of phenolic OH excluding ortho intramolecular Hbond substituents is 1. The summed E-state index contributed by atoms with van der Waals surface area (Å²) < 4.78 is 1.84. The standard InChI is InChI=1S/C30H24N6O2/c37-22-8-3-19(4-9-22)30-24-14-20(28(38)13-18-1-6-21(7-2-18)36-16-32-33-17-36)5-10-23(24)29-25-15-31-35-26(25)11-12-27(29)34-30/h1-4,6-9,11-12,15-17,20,37H,5,10,13-14H2,(H,31,35). The number of H-pyrrole nitrogens is 1. The average molecular weight is 501 g/mol. The molecule has 1 aliphatic carbocycles. The first-order chi connectivity index (χ1) is 18.6. The topological polar surface area (TPSA) is 110 Å².